The fraction of sp³-hybridized carbons (Fsp3) is 0. The van der Waals surface area contributed by atoms with Crippen molar-refractivity contribution in [2.45, 2.75) is 4.90 Å². The highest BCUT2D eigenvalue weighted by molar-refractivity contribution is 7.86. The molecule has 0 heterocycles. The minimum absolute atomic E-state index is 0.296. The van der Waals surface area contributed by atoms with Crippen molar-refractivity contribution in [3.05, 3.63) is 30.3 Å². The largest absolute Gasteiger partial charge is 0.466 e. The zero-order valence-corrected chi connectivity index (χ0v) is 8.90. The number of halogens is 1. The molecule has 0 aromatic heterocycles. The maximum absolute atomic E-state index is 12.1. The second kappa shape index (κ2) is 5.34. The second-order valence-corrected chi connectivity index (χ2v) is 4.64. The van der Waals surface area contributed by atoms with E-state index >= 15 is 0 Å². The summed E-state index contributed by atoms with van der Waals surface area (Å²) in [5.74, 6) is 0. The molecule has 0 radical (unpaired) electrons. The van der Waals surface area contributed by atoms with Crippen molar-refractivity contribution in [3.63, 3.8) is 0 Å². The van der Waals surface area contributed by atoms with E-state index in [1.165, 1.54) is 24.3 Å². The third-order valence-electron chi connectivity index (χ3n) is 1.02. The number of benzene rings is 1. The van der Waals surface area contributed by atoms with Crippen LogP contribution in [0.15, 0.2) is 35.2 Å². The monoisotopic (exact) mass is 258 g/mol. The summed E-state index contributed by atoms with van der Waals surface area (Å²) in [7, 11) is -9.14. The maximum Gasteiger partial charge on any atom is 0.466 e. The number of phosphoric acid groups is 1. The average Bonchev–Trinajstić information content (AvgIpc) is 2.01. The minimum atomic E-state index is -4.64. The van der Waals surface area contributed by atoms with E-state index in [1.807, 2.05) is 0 Å². The highest BCUT2D eigenvalue weighted by Gasteiger charge is 2.08. The first-order valence-corrected chi connectivity index (χ1v) is 6.33. The quantitative estimate of drug-likeness (QED) is 0.497. The van der Waals surface area contributed by atoms with Crippen molar-refractivity contribution in [1.82, 2.24) is 0 Å². The summed E-state index contributed by atoms with van der Waals surface area (Å²) in [6.07, 6.45) is 0. The smallest absolute Gasteiger partial charge is 0.303 e. The molecular formula is C6H8FO6PS. The molecule has 1 rings (SSSR count). The van der Waals surface area contributed by atoms with Crippen LogP contribution in [0.25, 0.3) is 0 Å². The van der Waals surface area contributed by atoms with E-state index in [4.69, 9.17) is 19.2 Å². The summed E-state index contributed by atoms with van der Waals surface area (Å²) in [6, 6.07) is 6.96. The van der Waals surface area contributed by atoms with Crippen LogP contribution < -0.4 is 0 Å². The Balaban J connectivity index is 0.000000336. The number of rotatable bonds is 1. The van der Waals surface area contributed by atoms with Gasteiger partial charge in [0, 0.05) is 0 Å². The van der Waals surface area contributed by atoms with Gasteiger partial charge in [-0.15, -0.1) is 3.89 Å². The third-order valence-corrected chi connectivity index (χ3v) is 1.86. The van der Waals surface area contributed by atoms with Crippen molar-refractivity contribution in [1.29, 1.82) is 0 Å². The number of hydrogen-bond donors (Lipinski definition) is 3. The summed E-state index contributed by atoms with van der Waals surface area (Å²) in [4.78, 5) is 21.3. The lowest BCUT2D eigenvalue weighted by molar-refractivity contribution is 0.275. The Labute approximate surface area is 85.5 Å². The molecule has 0 atom stereocenters. The van der Waals surface area contributed by atoms with Crippen molar-refractivity contribution >= 4 is 18.0 Å². The Kier molecular flexibility index (Phi) is 5.06. The van der Waals surface area contributed by atoms with E-state index in [9.17, 15) is 12.3 Å². The van der Waals surface area contributed by atoms with Gasteiger partial charge in [-0.2, -0.15) is 8.42 Å². The molecule has 0 fully saturated rings. The first kappa shape index (κ1) is 14.2. The van der Waals surface area contributed by atoms with Crippen LogP contribution >= 0.6 is 7.82 Å². The molecule has 0 bridgehead atoms. The molecule has 0 unspecified atom stereocenters. The van der Waals surface area contributed by atoms with E-state index in [0.29, 0.717) is 0 Å². The van der Waals surface area contributed by atoms with Crippen molar-refractivity contribution in [2.24, 2.45) is 0 Å². The van der Waals surface area contributed by atoms with Gasteiger partial charge in [0.25, 0.3) is 0 Å². The van der Waals surface area contributed by atoms with Crippen molar-refractivity contribution in [3.8, 4) is 0 Å². The van der Waals surface area contributed by atoms with Crippen molar-refractivity contribution in [2.75, 3.05) is 0 Å². The molecule has 15 heavy (non-hydrogen) atoms. The lowest BCUT2D eigenvalue weighted by Crippen LogP contribution is -1.89. The zero-order valence-electron chi connectivity index (χ0n) is 7.19. The Bertz CT molecular complexity index is 430. The molecule has 0 spiro atoms. The molecule has 0 aliphatic rings. The highest BCUT2D eigenvalue weighted by Crippen LogP contribution is 2.25. The van der Waals surface area contributed by atoms with Gasteiger partial charge in [-0.05, 0) is 12.1 Å². The van der Waals surface area contributed by atoms with E-state index < -0.39 is 18.0 Å². The van der Waals surface area contributed by atoms with Gasteiger partial charge < -0.3 is 14.7 Å². The van der Waals surface area contributed by atoms with Gasteiger partial charge >= 0.3 is 18.0 Å². The summed E-state index contributed by atoms with van der Waals surface area (Å²) in [5, 5.41) is 0. The highest BCUT2D eigenvalue weighted by atomic mass is 32.3. The predicted octanol–water partition coefficient (Wildman–Crippen LogP) is 0.416. The van der Waals surface area contributed by atoms with Crippen LogP contribution in [0.4, 0.5) is 3.89 Å². The number of hydrogen-bond acceptors (Lipinski definition) is 3. The topological polar surface area (TPSA) is 112 Å². The molecule has 1 aromatic rings. The molecule has 0 aliphatic heterocycles. The Morgan fingerprint density at radius 1 is 1.07 bits per heavy atom. The van der Waals surface area contributed by atoms with Gasteiger partial charge in [0.15, 0.2) is 0 Å². The minimum Gasteiger partial charge on any atom is -0.303 e. The summed E-state index contributed by atoms with van der Waals surface area (Å²) in [5.41, 5.74) is 0. The second-order valence-electron chi connectivity index (χ2n) is 2.26. The SMILES string of the molecule is O=P(O)(O)O.O=S(=O)(F)c1ccccc1. The Hall–Kier alpha value is -0.790. The van der Waals surface area contributed by atoms with Gasteiger partial charge in [-0.3, -0.25) is 0 Å². The maximum atomic E-state index is 12.1. The average molecular weight is 258 g/mol. The molecule has 6 nitrogen and oxygen atoms in total. The van der Waals surface area contributed by atoms with E-state index in [1.54, 1.807) is 6.07 Å². The fourth-order valence-corrected chi connectivity index (χ4v) is 1.07. The lowest BCUT2D eigenvalue weighted by Gasteiger charge is -1.89. The lowest BCUT2D eigenvalue weighted by atomic mass is 10.4. The van der Waals surface area contributed by atoms with Gasteiger partial charge in [-0.1, -0.05) is 18.2 Å². The van der Waals surface area contributed by atoms with Crippen molar-refractivity contribution < 1.29 is 31.5 Å². The molecule has 3 N–H and O–H groups in total. The van der Waals surface area contributed by atoms with Gasteiger partial charge in [-0.25, -0.2) is 4.57 Å². The van der Waals surface area contributed by atoms with E-state index in [0.717, 1.165) is 0 Å². The Morgan fingerprint density at radius 3 is 1.60 bits per heavy atom. The predicted molar refractivity (Wildman–Crippen MR) is 49.0 cm³/mol. The molecule has 0 saturated heterocycles. The van der Waals surface area contributed by atoms with Crippen LogP contribution in [-0.4, -0.2) is 23.1 Å². The molecule has 0 aliphatic carbocycles. The van der Waals surface area contributed by atoms with Crippen LogP contribution in [0.1, 0.15) is 0 Å². The van der Waals surface area contributed by atoms with Crippen LogP contribution in [-0.2, 0) is 14.8 Å². The fourth-order valence-electron chi connectivity index (χ4n) is 0.583. The zero-order chi connectivity index (χ0) is 12.1. The molecule has 86 valence electrons. The van der Waals surface area contributed by atoms with E-state index in [2.05, 4.69) is 0 Å². The molecule has 0 saturated carbocycles. The molecule has 0 amide bonds. The van der Waals surface area contributed by atoms with E-state index in [-0.39, 0.29) is 4.90 Å². The standard InChI is InChI=1S/C6H5FO2S.H3O4P/c7-10(8,9)6-4-2-1-3-5-6;1-5(2,3)4/h1-5H;(H3,1,2,3,4). The first-order valence-electron chi connectivity index (χ1n) is 3.39. The molecule has 9 heteroatoms. The van der Waals surface area contributed by atoms with Crippen LogP contribution in [0.5, 0.6) is 0 Å². The van der Waals surface area contributed by atoms with Gasteiger partial charge in [0.1, 0.15) is 0 Å². The molecular weight excluding hydrogens is 250 g/mol. The summed E-state index contributed by atoms with van der Waals surface area (Å²) >= 11 is 0. The van der Waals surface area contributed by atoms with Crippen LogP contribution in [0, 0.1) is 0 Å². The van der Waals surface area contributed by atoms with Crippen LogP contribution in [0.3, 0.4) is 0 Å². The van der Waals surface area contributed by atoms with Crippen LogP contribution in [0.2, 0.25) is 0 Å². The normalized spacial score (nSPS) is 11.5. The first-order chi connectivity index (χ1) is 6.61. The van der Waals surface area contributed by atoms with Gasteiger partial charge in [0.05, 0.1) is 4.90 Å². The third kappa shape index (κ3) is 9.51. The van der Waals surface area contributed by atoms with Gasteiger partial charge in [0.2, 0.25) is 0 Å². The Morgan fingerprint density at radius 2 is 1.40 bits per heavy atom. The summed E-state index contributed by atoms with van der Waals surface area (Å²) < 4.78 is 41.3. The molecule has 1 aromatic carbocycles. The summed E-state index contributed by atoms with van der Waals surface area (Å²) in [6.45, 7) is 0.